The van der Waals surface area contributed by atoms with E-state index in [1.54, 1.807) is 36.8 Å². The van der Waals surface area contributed by atoms with Crippen LogP contribution in [0.1, 0.15) is 28.9 Å². The van der Waals surface area contributed by atoms with Crippen molar-refractivity contribution < 1.29 is 17.9 Å². The third kappa shape index (κ3) is 3.86. The Balaban J connectivity index is 1.81. The number of nitrogens with zero attached hydrogens (tertiary/aromatic N) is 1. The molecule has 3 rings (SSSR count). The van der Waals surface area contributed by atoms with Crippen LogP contribution in [0.2, 0.25) is 0 Å². The van der Waals surface area contributed by atoms with Gasteiger partial charge < -0.3 is 10.1 Å². The van der Waals surface area contributed by atoms with Crippen molar-refractivity contribution in [3.63, 3.8) is 0 Å². The minimum Gasteiger partial charge on any atom is -0.497 e. The minimum atomic E-state index is -3.63. The Labute approximate surface area is 151 Å². The van der Waals surface area contributed by atoms with Gasteiger partial charge in [-0.2, -0.15) is 4.31 Å². The molecule has 1 N–H and O–H groups in total. The first-order valence-corrected chi connectivity index (χ1v) is 10.4. The highest BCUT2D eigenvalue weighted by molar-refractivity contribution is 7.89. The van der Waals surface area contributed by atoms with Gasteiger partial charge in [-0.05, 0) is 48.6 Å². The van der Waals surface area contributed by atoms with Crippen LogP contribution in [0.4, 0.5) is 5.69 Å². The lowest BCUT2D eigenvalue weighted by molar-refractivity contribution is 0.102. The maximum Gasteiger partial charge on any atom is 0.267 e. The molecule has 1 aliphatic heterocycles. The molecule has 134 valence electrons. The number of nitrogens with one attached hydrogen (secondary N) is 1. The van der Waals surface area contributed by atoms with Gasteiger partial charge in [-0.1, -0.05) is 6.42 Å². The minimum absolute atomic E-state index is 0.0883. The van der Waals surface area contributed by atoms with E-state index in [4.69, 9.17) is 4.74 Å². The lowest BCUT2D eigenvalue weighted by atomic mass is 10.2. The molecule has 0 atom stereocenters. The predicted molar refractivity (Wildman–Crippen MR) is 97.9 cm³/mol. The second kappa shape index (κ2) is 7.55. The first-order chi connectivity index (χ1) is 12.0. The Bertz CT molecular complexity index is 838. The molecule has 0 saturated carbocycles. The van der Waals surface area contributed by atoms with E-state index in [1.807, 2.05) is 0 Å². The molecule has 2 heterocycles. The van der Waals surface area contributed by atoms with Crippen molar-refractivity contribution in [1.29, 1.82) is 0 Å². The topological polar surface area (TPSA) is 75.7 Å². The largest absolute Gasteiger partial charge is 0.497 e. The molecule has 0 radical (unpaired) electrons. The number of hydrogen-bond acceptors (Lipinski definition) is 5. The number of benzene rings is 1. The van der Waals surface area contributed by atoms with Crippen molar-refractivity contribution in [1.82, 2.24) is 4.31 Å². The summed E-state index contributed by atoms with van der Waals surface area (Å²) in [5.74, 6) is 0.262. The first-order valence-electron chi connectivity index (χ1n) is 8.05. The van der Waals surface area contributed by atoms with Crippen molar-refractivity contribution in [3.05, 3.63) is 40.6 Å². The molecular formula is C17H20N2O4S2. The van der Waals surface area contributed by atoms with E-state index < -0.39 is 15.9 Å². The number of piperidine rings is 1. The van der Waals surface area contributed by atoms with Gasteiger partial charge in [0.2, 0.25) is 10.0 Å². The van der Waals surface area contributed by atoms with E-state index in [9.17, 15) is 13.2 Å². The lowest BCUT2D eigenvalue weighted by Gasteiger charge is -2.25. The van der Waals surface area contributed by atoms with Crippen LogP contribution in [-0.2, 0) is 10.0 Å². The Morgan fingerprint density at radius 2 is 1.80 bits per heavy atom. The summed E-state index contributed by atoms with van der Waals surface area (Å²) in [5.41, 5.74) is 0.584. The maximum atomic E-state index is 12.8. The second-order valence-electron chi connectivity index (χ2n) is 5.76. The lowest BCUT2D eigenvalue weighted by Crippen LogP contribution is -2.36. The maximum absolute atomic E-state index is 12.8. The fourth-order valence-electron chi connectivity index (χ4n) is 2.77. The molecule has 1 fully saturated rings. The van der Waals surface area contributed by atoms with E-state index in [1.165, 1.54) is 10.4 Å². The van der Waals surface area contributed by atoms with E-state index >= 15 is 0 Å². The highest BCUT2D eigenvalue weighted by Crippen LogP contribution is 2.28. The molecule has 25 heavy (non-hydrogen) atoms. The highest BCUT2D eigenvalue weighted by Gasteiger charge is 2.30. The Hall–Kier alpha value is -1.90. The number of amides is 1. The summed E-state index contributed by atoms with van der Waals surface area (Å²) in [7, 11) is -2.07. The van der Waals surface area contributed by atoms with Crippen molar-refractivity contribution in [3.8, 4) is 5.75 Å². The van der Waals surface area contributed by atoms with Gasteiger partial charge in [0.1, 0.15) is 15.5 Å². The fourth-order valence-corrected chi connectivity index (χ4v) is 5.59. The van der Waals surface area contributed by atoms with Gasteiger partial charge in [0.25, 0.3) is 5.91 Å². The number of carbonyl (C=O) groups excluding carboxylic acids is 1. The molecule has 0 aliphatic carbocycles. The fraction of sp³-hybridized carbons (Fsp3) is 0.353. The average molecular weight is 380 g/mol. The van der Waals surface area contributed by atoms with Crippen molar-refractivity contribution in [2.75, 3.05) is 25.5 Å². The summed E-state index contributed by atoms with van der Waals surface area (Å²) in [6.45, 7) is 1.02. The molecule has 1 aromatic carbocycles. The molecule has 0 unspecified atom stereocenters. The smallest absolute Gasteiger partial charge is 0.267 e. The summed E-state index contributed by atoms with van der Waals surface area (Å²) < 4.78 is 32.2. The van der Waals surface area contributed by atoms with E-state index in [-0.39, 0.29) is 9.77 Å². The van der Waals surface area contributed by atoms with Crippen LogP contribution in [-0.4, -0.2) is 38.8 Å². The summed E-state index contributed by atoms with van der Waals surface area (Å²) in [4.78, 5) is 12.9. The SMILES string of the molecule is COc1ccc(NC(=O)c2sccc2S(=O)(=O)N2CCCCC2)cc1. The molecule has 1 saturated heterocycles. The van der Waals surface area contributed by atoms with Crippen LogP contribution >= 0.6 is 11.3 Å². The highest BCUT2D eigenvalue weighted by atomic mass is 32.2. The molecule has 0 bridgehead atoms. The van der Waals surface area contributed by atoms with Crippen LogP contribution < -0.4 is 10.1 Å². The van der Waals surface area contributed by atoms with Gasteiger partial charge in [-0.15, -0.1) is 11.3 Å². The summed E-state index contributed by atoms with van der Waals surface area (Å²) in [6.07, 6.45) is 2.76. The molecule has 1 amide bonds. The van der Waals surface area contributed by atoms with Crippen LogP contribution in [0, 0.1) is 0 Å². The van der Waals surface area contributed by atoms with E-state index in [0.29, 0.717) is 24.5 Å². The first kappa shape index (κ1) is 17.9. The zero-order chi connectivity index (χ0) is 17.9. The Morgan fingerprint density at radius 1 is 1.12 bits per heavy atom. The number of methoxy groups -OCH3 is 1. The monoisotopic (exact) mass is 380 g/mol. The summed E-state index contributed by atoms with van der Waals surface area (Å²) in [5, 5.41) is 4.38. The summed E-state index contributed by atoms with van der Waals surface area (Å²) in [6, 6.07) is 8.40. The number of hydrogen-bond donors (Lipinski definition) is 1. The molecule has 1 aromatic heterocycles. The van der Waals surface area contributed by atoms with Crippen molar-refractivity contribution in [2.24, 2.45) is 0 Å². The van der Waals surface area contributed by atoms with E-state index in [2.05, 4.69) is 5.32 Å². The number of anilines is 1. The number of ether oxygens (including phenoxy) is 1. The average Bonchev–Trinajstić information content (AvgIpc) is 3.14. The van der Waals surface area contributed by atoms with Crippen LogP contribution in [0.15, 0.2) is 40.6 Å². The van der Waals surface area contributed by atoms with Crippen molar-refractivity contribution >= 4 is 33.0 Å². The van der Waals surface area contributed by atoms with Crippen LogP contribution in [0.25, 0.3) is 0 Å². The third-order valence-corrected chi connectivity index (χ3v) is 7.10. The van der Waals surface area contributed by atoms with Gasteiger partial charge in [0, 0.05) is 18.8 Å². The number of rotatable bonds is 5. The molecular weight excluding hydrogens is 360 g/mol. The standard InChI is InChI=1S/C17H20N2O4S2/c1-23-14-7-5-13(6-8-14)18-17(20)16-15(9-12-24-16)25(21,22)19-10-3-2-4-11-19/h5-9,12H,2-4,10-11H2,1H3,(H,18,20). The predicted octanol–water partition coefficient (Wildman–Crippen LogP) is 3.18. The quantitative estimate of drug-likeness (QED) is 0.864. The molecule has 8 heteroatoms. The molecule has 6 nitrogen and oxygen atoms in total. The van der Waals surface area contributed by atoms with Gasteiger partial charge >= 0.3 is 0 Å². The number of sulfonamides is 1. The normalized spacial score (nSPS) is 15.7. The third-order valence-electron chi connectivity index (χ3n) is 4.12. The zero-order valence-electron chi connectivity index (χ0n) is 13.9. The number of carbonyl (C=O) groups is 1. The zero-order valence-corrected chi connectivity index (χ0v) is 15.5. The van der Waals surface area contributed by atoms with E-state index in [0.717, 1.165) is 30.6 Å². The molecule has 0 spiro atoms. The second-order valence-corrected chi connectivity index (χ2v) is 8.58. The van der Waals surface area contributed by atoms with Gasteiger partial charge in [0.15, 0.2) is 0 Å². The number of thiophene rings is 1. The Kier molecular flexibility index (Phi) is 5.41. The van der Waals surface area contributed by atoms with Crippen molar-refractivity contribution in [2.45, 2.75) is 24.2 Å². The van der Waals surface area contributed by atoms with Gasteiger partial charge in [-0.3, -0.25) is 4.79 Å². The van der Waals surface area contributed by atoms with Gasteiger partial charge in [-0.25, -0.2) is 8.42 Å². The van der Waals surface area contributed by atoms with Gasteiger partial charge in [0.05, 0.1) is 7.11 Å². The van der Waals surface area contributed by atoms with Crippen LogP contribution in [0.5, 0.6) is 5.75 Å². The molecule has 2 aromatic rings. The Morgan fingerprint density at radius 3 is 2.44 bits per heavy atom. The molecule has 1 aliphatic rings. The van der Waals surface area contributed by atoms with Crippen LogP contribution in [0.3, 0.4) is 0 Å². The summed E-state index contributed by atoms with van der Waals surface area (Å²) >= 11 is 1.13.